The van der Waals surface area contributed by atoms with E-state index in [0.29, 0.717) is 25.9 Å². The van der Waals surface area contributed by atoms with Crippen molar-refractivity contribution in [1.82, 2.24) is 15.2 Å². The molecule has 2 aliphatic heterocycles. The van der Waals surface area contributed by atoms with Crippen LogP contribution in [0, 0.1) is 5.92 Å². The third-order valence-corrected chi connectivity index (χ3v) is 7.36. The number of amides is 2. The predicted octanol–water partition coefficient (Wildman–Crippen LogP) is 2.80. The Morgan fingerprint density at radius 1 is 1.12 bits per heavy atom. The molecule has 2 atom stereocenters. The minimum atomic E-state index is -0.798. The van der Waals surface area contributed by atoms with E-state index < -0.39 is 5.54 Å². The summed E-state index contributed by atoms with van der Waals surface area (Å²) in [6.45, 7) is 4.20. The summed E-state index contributed by atoms with van der Waals surface area (Å²) in [5, 5.41) is 2.92. The normalized spacial score (nSPS) is 25.3. The summed E-state index contributed by atoms with van der Waals surface area (Å²) in [5.41, 5.74) is 2.63. The van der Waals surface area contributed by atoms with Crippen molar-refractivity contribution in [2.75, 3.05) is 24.5 Å². The Labute approximate surface area is 194 Å². The number of hydrogen-bond donors (Lipinski definition) is 1. The van der Waals surface area contributed by atoms with Gasteiger partial charge in [-0.25, -0.2) is 0 Å². The SMILES string of the molecule is C[C@H]1CN(C(=O)CCC2(C3CC3)NC(=O)CC2=O)CCN1c1cccc(-c2ccncc2)c1. The van der Waals surface area contributed by atoms with Gasteiger partial charge in [0.15, 0.2) is 5.78 Å². The Morgan fingerprint density at radius 3 is 2.58 bits per heavy atom. The molecule has 33 heavy (non-hydrogen) atoms. The molecule has 2 saturated heterocycles. The minimum Gasteiger partial charge on any atom is -0.365 e. The molecule has 1 aromatic carbocycles. The molecular weight excluding hydrogens is 416 g/mol. The van der Waals surface area contributed by atoms with Crippen LogP contribution in [0.2, 0.25) is 0 Å². The second-order valence-electron chi connectivity index (χ2n) is 9.56. The van der Waals surface area contributed by atoms with E-state index in [1.54, 1.807) is 12.4 Å². The van der Waals surface area contributed by atoms with Gasteiger partial charge in [-0.1, -0.05) is 12.1 Å². The highest BCUT2D eigenvalue weighted by molar-refractivity contribution is 6.10. The van der Waals surface area contributed by atoms with Crippen LogP contribution in [0.3, 0.4) is 0 Å². The summed E-state index contributed by atoms with van der Waals surface area (Å²) in [6.07, 6.45) is 6.18. The maximum absolute atomic E-state index is 13.0. The summed E-state index contributed by atoms with van der Waals surface area (Å²) in [5.74, 6) is 0.0411. The lowest BCUT2D eigenvalue weighted by Gasteiger charge is -2.41. The summed E-state index contributed by atoms with van der Waals surface area (Å²) in [7, 11) is 0. The second-order valence-corrected chi connectivity index (χ2v) is 9.56. The number of pyridine rings is 1. The number of carbonyl (C=O) groups excluding carboxylic acids is 3. The molecule has 3 fully saturated rings. The highest BCUT2D eigenvalue weighted by Gasteiger charge is 2.55. The molecule has 0 radical (unpaired) electrons. The number of anilines is 1. The van der Waals surface area contributed by atoms with E-state index in [9.17, 15) is 14.4 Å². The number of carbonyl (C=O) groups is 3. The molecule has 1 aromatic heterocycles. The third-order valence-electron chi connectivity index (χ3n) is 7.36. The van der Waals surface area contributed by atoms with Crippen molar-refractivity contribution >= 4 is 23.3 Å². The molecule has 0 spiro atoms. The molecule has 1 N–H and O–H groups in total. The van der Waals surface area contributed by atoms with Crippen molar-refractivity contribution in [2.45, 2.75) is 50.6 Å². The smallest absolute Gasteiger partial charge is 0.228 e. The summed E-state index contributed by atoms with van der Waals surface area (Å²) < 4.78 is 0. The zero-order valence-electron chi connectivity index (χ0n) is 19.0. The summed E-state index contributed by atoms with van der Waals surface area (Å²) in [4.78, 5) is 45.8. The lowest BCUT2D eigenvalue weighted by Crippen LogP contribution is -2.54. The third kappa shape index (κ3) is 4.24. The van der Waals surface area contributed by atoms with Crippen LogP contribution in [-0.2, 0) is 14.4 Å². The largest absolute Gasteiger partial charge is 0.365 e. The Kier molecular flexibility index (Phi) is 5.64. The number of ketones is 1. The van der Waals surface area contributed by atoms with Gasteiger partial charge in [0, 0.05) is 50.2 Å². The van der Waals surface area contributed by atoms with Crippen molar-refractivity contribution in [2.24, 2.45) is 5.92 Å². The molecule has 1 aliphatic carbocycles. The van der Waals surface area contributed by atoms with E-state index >= 15 is 0 Å². The fourth-order valence-corrected chi connectivity index (χ4v) is 5.42. The zero-order chi connectivity index (χ0) is 23.0. The number of rotatable bonds is 6. The van der Waals surface area contributed by atoms with Crippen LogP contribution >= 0.6 is 0 Å². The number of nitrogens with zero attached hydrogens (tertiary/aromatic N) is 3. The van der Waals surface area contributed by atoms with E-state index in [1.165, 1.54) is 0 Å². The average molecular weight is 447 g/mol. The topological polar surface area (TPSA) is 82.6 Å². The Balaban J connectivity index is 1.22. The number of benzene rings is 1. The Hall–Kier alpha value is -3.22. The van der Waals surface area contributed by atoms with Crippen molar-refractivity contribution in [1.29, 1.82) is 0 Å². The molecule has 1 saturated carbocycles. The molecule has 5 rings (SSSR count). The first-order valence-electron chi connectivity index (χ1n) is 11.9. The van der Waals surface area contributed by atoms with Gasteiger partial charge in [-0.3, -0.25) is 19.4 Å². The average Bonchev–Trinajstić information content (AvgIpc) is 3.64. The van der Waals surface area contributed by atoms with Gasteiger partial charge in [-0.2, -0.15) is 0 Å². The van der Waals surface area contributed by atoms with Gasteiger partial charge in [0.05, 0.1) is 6.42 Å². The molecule has 1 unspecified atom stereocenters. The fourth-order valence-electron chi connectivity index (χ4n) is 5.42. The number of hydrogen-bond acceptors (Lipinski definition) is 5. The van der Waals surface area contributed by atoms with Crippen molar-refractivity contribution in [3.05, 3.63) is 48.8 Å². The predicted molar refractivity (Wildman–Crippen MR) is 126 cm³/mol. The van der Waals surface area contributed by atoms with Crippen LogP contribution in [0.1, 0.15) is 39.0 Å². The second kappa shape index (κ2) is 8.61. The summed E-state index contributed by atoms with van der Waals surface area (Å²) >= 11 is 0. The van der Waals surface area contributed by atoms with E-state index in [4.69, 9.17) is 0 Å². The molecular formula is C26H30N4O3. The van der Waals surface area contributed by atoms with Gasteiger partial charge < -0.3 is 15.1 Å². The van der Waals surface area contributed by atoms with Gasteiger partial charge in [0.25, 0.3) is 0 Å². The van der Waals surface area contributed by atoms with Crippen LogP contribution in [0.4, 0.5) is 5.69 Å². The van der Waals surface area contributed by atoms with Crippen molar-refractivity contribution < 1.29 is 14.4 Å². The van der Waals surface area contributed by atoms with E-state index in [2.05, 4.69) is 46.4 Å². The van der Waals surface area contributed by atoms with E-state index in [0.717, 1.165) is 36.2 Å². The zero-order valence-corrected chi connectivity index (χ0v) is 19.0. The van der Waals surface area contributed by atoms with Crippen LogP contribution in [0.25, 0.3) is 11.1 Å². The first kappa shape index (κ1) is 21.6. The van der Waals surface area contributed by atoms with Crippen molar-refractivity contribution in [3.63, 3.8) is 0 Å². The monoisotopic (exact) mass is 446 g/mol. The molecule has 2 aromatic rings. The number of piperazine rings is 1. The number of Topliss-reactive ketones (excluding diaryl/α,β-unsaturated/α-hetero) is 1. The van der Waals surface area contributed by atoms with Crippen LogP contribution in [0.15, 0.2) is 48.8 Å². The highest BCUT2D eigenvalue weighted by atomic mass is 16.2. The van der Waals surface area contributed by atoms with Crippen molar-refractivity contribution in [3.8, 4) is 11.1 Å². The summed E-state index contributed by atoms with van der Waals surface area (Å²) in [6, 6.07) is 12.7. The molecule has 172 valence electrons. The van der Waals surface area contributed by atoms with Crippen LogP contribution in [0.5, 0.6) is 0 Å². The van der Waals surface area contributed by atoms with Gasteiger partial charge in [-0.05, 0) is 67.5 Å². The molecule has 3 aliphatic rings. The Bertz CT molecular complexity index is 1070. The fraction of sp³-hybridized carbons (Fsp3) is 0.462. The molecule has 7 nitrogen and oxygen atoms in total. The highest BCUT2D eigenvalue weighted by Crippen LogP contribution is 2.45. The minimum absolute atomic E-state index is 0.0323. The molecule has 3 heterocycles. The standard InChI is InChI=1S/C26H30N4O3/c1-18-17-29(25(33)7-10-26(21-5-6-21)23(31)16-24(32)28-26)13-14-30(18)22-4-2-3-20(15-22)19-8-11-27-12-9-19/h2-4,8-9,11-12,15,18,21H,5-7,10,13-14,16-17H2,1H3,(H,28,32)/t18-,26?/m0/s1. The molecule has 7 heteroatoms. The maximum atomic E-state index is 13.0. The lowest BCUT2D eigenvalue weighted by atomic mass is 9.85. The van der Waals surface area contributed by atoms with E-state index in [1.807, 2.05) is 17.0 Å². The quantitative estimate of drug-likeness (QED) is 0.690. The first-order chi connectivity index (χ1) is 16.0. The molecule has 2 amide bonds. The van der Waals surface area contributed by atoms with Crippen LogP contribution < -0.4 is 10.2 Å². The molecule has 0 bridgehead atoms. The Morgan fingerprint density at radius 2 is 1.91 bits per heavy atom. The van der Waals surface area contributed by atoms with E-state index in [-0.39, 0.29) is 36.0 Å². The van der Waals surface area contributed by atoms with Gasteiger partial charge in [0.1, 0.15) is 5.54 Å². The lowest BCUT2D eigenvalue weighted by molar-refractivity contribution is -0.133. The maximum Gasteiger partial charge on any atom is 0.228 e. The van der Waals surface area contributed by atoms with Gasteiger partial charge in [0.2, 0.25) is 11.8 Å². The van der Waals surface area contributed by atoms with Crippen LogP contribution in [-0.4, -0.2) is 58.7 Å². The van der Waals surface area contributed by atoms with Gasteiger partial charge >= 0.3 is 0 Å². The first-order valence-corrected chi connectivity index (χ1v) is 11.9. The number of nitrogens with one attached hydrogen (secondary N) is 1. The van der Waals surface area contributed by atoms with Gasteiger partial charge in [-0.15, -0.1) is 0 Å². The number of aromatic nitrogens is 1.